The first kappa shape index (κ1) is 17.8. The standard InChI is InChI=1S/C18H26N4O2/c1-6-15-14(17(7-2)22(4)21-15)11-19-18(23)20-16-10-13(24-5)9-8-12(16)3/h8-10H,6-7,11H2,1-5H3,(H2,19,20,23). The molecular weight excluding hydrogens is 304 g/mol. The van der Waals surface area contributed by atoms with Crippen molar-refractivity contribution in [2.75, 3.05) is 12.4 Å². The number of rotatable bonds is 6. The van der Waals surface area contributed by atoms with E-state index < -0.39 is 0 Å². The average Bonchev–Trinajstić information content (AvgIpc) is 2.89. The third kappa shape index (κ3) is 3.88. The second-order valence-corrected chi connectivity index (χ2v) is 5.69. The summed E-state index contributed by atoms with van der Waals surface area (Å²) >= 11 is 0. The molecule has 0 unspecified atom stereocenters. The van der Waals surface area contributed by atoms with E-state index in [0.29, 0.717) is 12.3 Å². The van der Waals surface area contributed by atoms with Gasteiger partial charge in [0.25, 0.3) is 0 Å². The molecule has 24 heavy (non-hydrogen) atoms. The Labute approximate surface area is 143 Å². The Bertz CT molecular complexity index is 722. The Hall–Kier alpha value is -2.50. The van der Waals surface area contributed by atoms with Crippen LogP contribution in [0.2, 0.25) is 0 Å². The van der Waals surface area contributed by atoms with Crippen molar-refractivity contribution in [2.24, 2.45) is 7.05 Å². The second kappa shape index (κ2) is 7.86. The maximum absolute atomic E-state index is 12.3. The molecule has 0 spiro atoms. The first-order valence-electron chi connectivity index (χ1n) is 8.23. The summed E-state index contributed by atoms with van der Waals surface area (Å²) in [6, 6.07) is 5.36. The molecule has 0 aliphatic rings. The highest BCUT2D eigenvalue weighted by molar-refractivity contribution is 5.90. The lowest BCUT2D eigenvalue weighted by Crippen LogP contribution is -2.29. The van der Waals surface area contributed by atoms with Crippen molar-refractivity contribution in [3.63, 3.8) is 0 Å². The van der Waals surface area contributed by atoms with Gasteiger partial charge in [-0.2, -0.15) is 5.10 Å². The number of benzene rings is 1. The smallest absolute Gasteiger partial charge is 0.319 e. The van der Waals surface area contributed by atoms with Crippen molar-refractivity contribution in [3.8, 4) is 5.75 Å². The molecule has 0 bridgehead atoms. The molecule has 2 N–H and O–H groups in total. The maximum Gasteiger partial charge on any atom is 0.319 e. The highest BCUT2D eigenvalue weighted by Crippen LogP contribution is 2.21. The number of urea groups is 1. The summed E-state index contributed by atoms with van der Waals surface area (Å²) in [5.41, 5.74) is 5.03. The molecule has 0 aliphatic heterocycles. The fraction of sp³-hybridized carbons (Fsp3) is 0.444. The first-order chi connectivity index (χ1) is 11.5. The molecule has 1 aromatic carbocycles. The van der Waals surface area contributed by atoms with Gasteiger partial charge in [0.05, 0.1) is 12.8 Å². The lowest BCUT2D eigenvalue weighted by atomic mass is 10.1. The lowest BCUT2D eigenvalue weighted by molar-refractivity contribution is 0.251. The van der Waals surface area contributed by atoms with Gasteiger partial charge in [-0.05, 0) is 31.4 Å². The molecule has 6 nitrogen and oxygen atoms in total. The van der Waals surface area contributed by atoms with Crippen LogP contribution >= 0.6 is 0 Å². The predicted molar refractivity (Wildman–Crippen MR) is 95.6 cm³/mol. The number of nitrogens with one attached hydrogen (secondary N) is 2. The molecule has 1 heterocycles. The van der Waals surface area contributed by atoms with Gasteiger partial charge in [0.15, 0.2) is 0 Å². The molecule has 2 amide bonds. The molecular formula is C18H26N4O2. The normalized spacial score (nSPS) is 10.5. The highest BCUT2D eigenvalue weighted by atomic mass is 16.5. The molecule has 0 aliphatic carbocycles. The number of anilines is 1. The zero-order chi connectivity index (χ0) is 17.7. The van der Waals surface area contributed by atoms with Crippen LogP contribution in [-0.4, -0.2) is 22.9 Å². The van der Waals surface area contributed by atoms with Gasteiger partial charge in [-0.15, -0.1) is 0 Å². The van der Waals surface area contributed by atoms with E-state index in [2.05, 4.69) is 29.6 Å². The number of carbonyl (C=O) groups is 1. The minimum absolute atomic E-state index is 0.237. The van der Waals surface area contributed by atoms with Crippen LogP contribution in [0.1, 0.15) is 36.4 Å². The summed E-state index contributed by atoms with van der Waals surface area (Å²) in [5, 5.41) is 10.3. The van der Waals surface area contributed by atoms with Crippen molar-refractivity contribution in [1.29, 1.82) is 0 Å². The first-order valence-corrected chi connectivity index (χ1v) is 8.23. The molecule has 0 atom stereocenters. The Balaban J connectivity index is 2.07. The van der Waals surface area contributed by atoms with Crippen LogP contribution in [0.4, 0.5) is 10.5 Å². The molecule has 0 fully saturated rings. The minimum Gasteiger partial charge on any atom is -0.497 e. The topological polar surface area (TPSA) is 68.2 Å². The van der Waals surface area contributed by atoms with Gasteiger partial charge in [-0.3, -0.25) is 4.68 Å². The van der Waals surface area contributed by atoms with Gasteiger partial charge >= 0.3 is 6.03 Å². The molecule has 6 heteroatoms. The van der Waals surface area contributed by atoms with Gasteiger partial charge in [0.1, 0.15) is 5.75 Å². The number of aromatic nitrogens is 2. The number of ether oxygens (including phenoxy) is 1. The fourth-order valence-electron chi connectivity index (χ4n) is 2.79. The van der Waals surface area contributed by atoms with E-state index in [-0.39, 0.29) is 6.03 Å². The number of hydrogen-bond donors (Lipinski definition) is 2. The van der Waals surface area contributed by atoms with E-state index in [1.54, 1.807) is 7.11 Å². The Morgan fingerprint density at radius 3 is 2.67 bits per heavy atom. The van der Waals surface area contributed by atoms with E-state index in [1.807, 2.05) is 36.9 Å². The zero-order valence-electron chi connectivity index (χ0n) is 15.1. The van der Waals surface area contributed by atoms with E-state index in [0.717, 1.165) is 41.0 Å². The van der Waals surface area contributed by atoms with E-state index in [4.69, 9.17) is 4.74 Å². The zero-order valence-corrected chi connectivity index (χ0v) is 15.1. The van der Waals surface area contributed by atoms with Gasteiger partial charge in [-0.25, -0.2) is 4.79 Å². The molecule has 130 valence electrons. The average molecular weight is 330 g/mol. The summed E-state index contributed by atoms with van der Waals surface area (Å²) in [6.45, 7) is 6.58. The van der Waals surface area contributed by atoms with Crippen LogP contribution in [0.15, 0.2) is 18.2 Å². The summed E-state index contributed by atoms with van der Waals surface area (Å²) in [4.78, 5) is 12.3. The third-order valence-electron chi connectivity index (χ3n) is 4.15. The molecule has 0 saturated heterocycles. The highest BCUT2D eigenvalue weighted by Gasteiger charge is 2.14. The van der Waals surface area contributed by atoms with Crippen LogP contribution in [0, 0.1) is 6.92 Å². The number of methoxy groups -OCH3 is 1. The van der Waals surface area contributed by atoms with Crippen molar-refractivity contribution in [1.82, 2.24) is 15.1 Å². The Kier molecular flexibility index (Phi) is 5.84. The van der Waals surface area contributed by atoms with Gasteiger partial charge in [0, 0.05) is 36.6 Å². The monoisotopic (exact) mass is 330 g/mol. The van der Waals surface area contributed by atoms with Crippen LogP contribution in [0.5, 0.6) is 5.75 Å². The van der Waals surface area contributed by atoms with Crippen molar-refractivity contribution in [3.05, 3.63) is 40.7 Å². The Morgan fingerprint density at radius 2 is 2.04 bits per heavy atom. The van der Waals surface area contributed by atoms with Crippen LogP contribution in [-0.2, 0) is 26.4 Å². The van der Waals surface area contributed by atoms with E-state index >= 15 is 0 Å². The molecule has 0 saturated carbocycles. The molecule has 0 radical (unpaired) electrons. The lowest BCUT2D eigenvalue weighted by Gasteiger charge is -2.12. The number of hydrogen-bond acceptors (Lipinski definition) is 3. The number of nitrogens with zero attached hydrogens (tertiary/aromatic N) is 2. The maximum atomic E-state index is 12.3. The van der Waals surface area contributed by atoms with E-state index in [9.17, 15) is 4.79 Å². The van der Waals surface area contributed by atoms with Crippen molar-refractivity contribution >= 4 is 11.7 Å². The fourth-order valence-corrected chi connectivity index (χ4v) is 2.79. The number of aryl methyl sites for hydroxylation is 3. The summed E-state index contributed by atoms with van der Waals surface area (Å²) in [7, 11) is 3.55. The summed E-state index contributed by atoms with van der Waals surface area (Å²) < 4.78 is 7.10. The van der Waals surface area contributed by atoms with Gasteiger partial charge in [0.2, 0.25) is 0 Å². The molecule has 1 aromatic heterocycles. The SMILES string of the molecule is CCc1nn(C)c(CC)c1CNC(=O)Nc1cc(OC)ccc1C. The Morgan fingerprint density at radius 1 is 1.29 bits per heavy atom. The quantitative estimate of drug-likeness (QED) is 0.855. The number of amides is 2. The minimum atomic E-state index is -0.237. The van der Waals surface area contributed by atoms with Gasteiger partial charge in [-0.1, -0.05) is 19.9 Å². The summed E-state index contributed by atoms with van der Waals surface area (Å²) in [5.74, 6) is 0.713. The predicted octanol–water partition coefficient (Wildman–Crippen LogP) is 3.18. The van der Waals surface area contributed by atoms with Gasteiger partial charge < -0.3 is 15.4 Å². The van der Waals surface area contributed by atoms with Crippen LogP contribution in [0.25, 0.3) is 0 Å². The number of carbonyl (C=O) groups excluding carboxylic acids is 1. The molecule has 2 rings (SSSR count). The second-order valence-electron chi connectivity index (χ2n) is 5.69. The van der Waals surface area contributed by atoms with E-state index in [1.165, 1.54) is 0 Å². The van der Waals surface area contributed by atoms with Crippen molar-refractivity contribution in [2.45, 2.75) is 40.2 Å². The third-order valence-corrected chi connectivity index (χ3v) is 4.15. The van der Waals surface area contributed by atoms with Crippen LogP contribution < -0.4 is 15.4 Å². The summed E-state index contributed by atoms with van der Waals surface area (Å²) in [6.07, 6.45) is 1.73. The van der Waals surface area contributed by atoms with Crippen molar-refractivity contribution < 1.29 is 9.53 Å². The molecule has 2 aromatic rings. The van der Waals surface area contributed by atoms with Crippen LogP contribution in [0.3, 0.4) is 0 Å². The largest absolute Gasteiger partial charge is 0.497 e.